The smallest absolute Gasteiger partial charge is 0.142 e. The van der Waals surface area contributed by atoms with Gasteiger partial charge in [0.2, 0.25) is 0 Å². The van der Waals surface area contributed by atoms with Gasteiger partial charge in [0.25, 0.3) is 0 Å². The van der Waals surface area contributed by atoms with E-state index in [-0.39, 0.29) is 0 Å². The summed E-state index contributed by atoms with van der Waals surface area (Å²) < 4.78 is 11.4. The van der Waals surface area contributed by atoms with Gasteiger partial charge in [-0.15, -0.1) is 0 Å². The van der Waals surface area contributed by atoms with Crippen molar-refractivity contribution in [2.75, 3.05) is 38.6 Å². The molecule has 4 nitrogen and oxygen atoms in total. The minimum absolute atomic E-state index is 0.402. The quantitative estimate of drug-likeness (QED) is 0.632. The Hall–Kier alpha value is -1.26. The van der Waals surface area contributed by atoms with Gasteiger partial charge in [-0.25, -0.2) is 0 Å². The molecule has 0 spiro atoms. The van der Waals surface area contributed by atoms with Crippen LogP contribution in [0.3, 0.4) is 0 Å². The van der Waals surface area contributed by atoms with Crippen LogP contribution in [0.2, 0.25) is 0 Å². The molecule has 1 aliphatic rings. The minimum Gasteiger partial charge on any atom is -0.491 e. The lowest BCUT2D eigenvalue weighted by atomic mass is 10.2. The first-order valence-corrected chi connectivity index (χ1v) is 7.11. The summed E-state index contributed by atoms with van der Waals surface area (Å²) in [5, 5.41) is 0. The van der Waals surface area contributed by atoms with Gasteiger partial charge in [-0.05, 0) is 25.0 Å². The third-order valence-electron chi connectivity index (χ3n) is 3.47. The van der Waals surface area contributed by atoms with Crippen LogP contribution in [0.1, 0.15) is 19.8 Å². The Kier molecular flexibility index (Phi) is 5.48. The van der Waals surface area contributed by atoms with E-state index in [9.17, 15) is 0 Å². The molecule has 1 fully saturated rings. The molecule has 4 heteroatoms. The monoisotopic (exact) mass is 264 g/mol. The maximum Gasteiger partial charge on any atom is 0.142 e. The van der Waals surface area contributed by atoms with Gasteiger partial charge in [0.1, 0.15) is 5.75 Å². The molecule has 0 aromatic heterocycles. The predicted molar refractivity (Wildman–Crippen MR) is 77.4 cm³/mol. The SMILES string of the molecule is CCC1CN(CCCOc2ccccc2N)CCO1. The molecule has 1 heterocycles. The van der Waals surface area contributed by atoms with Crippen molar-refractivity contribution in [2.24, 2.45) is 0 Å². The van der Waals surface area contributed by atoms with Crippen LogP contribution in [0.5, 0.6) is 5.75 Å². The molecule has 1 aromatic carbocycles. The zero-order chi connectivity index (χ0) is 13.5. The fraction of sp³-hybridized carbons (Fsp3) is 0.600. The van der Waals surface area contributed by atoms with Crippen LogP contribution in [-0.4, -0.2) is 43.9 Å². The number of benzene rings is 1. The van der Waals surface area contributed by atoms with Gasteiger partial charge in [0.05, 0.1) is 25.0 Å². The molecule has 1 atom stereocenters. The van der Waals surface area contributed by atoms with Gasteiger partial charge in [0, 0.05) is 19.6 Å². The van der Waals surface area contributed by atoms with E-state index in [1.54, 1.807) is 0 Å². The highest BCUT2D eigenvalue weighted by atomic mass is 16.5. The summed E-state index contributed by atoms with van der Waals surface area (Å²) in [5.41, 5.74) is 6.54. The molecule has 19 heavy (non-hydrogen) atoms. The second-order valence-corrected chi connectivity index (χ2v) is 4.94. The van der Waals surface area contributed by atoms with E-state index in [1.165, 1.54) is 0 Å². The van der Waals surface area contributed by atoms with Gasteiger partial charge >= 0.3 is 0 Å². The Labute approximate surface area is 115 Å². The average Bonchev–Trinajstić information content (AvgIpc) is 2.45. The van der Waals surface area contributed by atoms with Crippen molar-refractivity contribution in [2.45, 2.75) is 25.9 Å². The summed E-state index contributed by atoms with van der Waals surface area (Å²) in [6.45, 7) is 6.88. The van der Waals surface area contributed by atoms with Gasteiger partial charge in [-0.2, -0.15) is 0 Å². The highest BCUT2D eigenvalue weighted by Crippen LogP contribution is 2.19. The molecule has 0 saturated carbocycles. The number of rotatable bonds is 6. The van der Waals surface area contributed by atoms with E-state index < -0.39 is 0 Å². The van der Waals surface area contributed by atoms with Gasteiger partial charge in [-0.1, -0.05) is 19.1 Å². The van der Waals surface area contributed by atoms with Crippen LogP contribution in [0.15, 0.2) is 24.3 Å². The standard InChI is InChI=1S/C15H24N2O2/c1-2-13-12-17(9-11-18-13)8-5-10-19-15-7-4-3-6-14(15)16/h3-4,6-7,13H,2,5,8-12,16H2,1H3. The Morgan fingerprint density at radius 3 is 3.05 bits per heavy atom. The fourth-order valence-electron chi connectivity index (χ4n) is 2.31. The molecule has 0 amide bonds. The lowest BCUT2D eigenvalue weighted by Crippen LogP contribution is -2.42. The van der Waals surface area contributed by atoms with Gasteiger partial charge < -0.3 is 15.2 Å². The van der Waals surface area contributed by atoms with E-state index >= 15 is 0 Å². The summed E-state index contributed by atoms with van der Waals surface area (Å²) >= 11 is 0. The van der Waals surface area contributed by atoms with Crippen LogP contribution in [0.25, 0.3) is 0 Å². The van der Waals surface area contributed by atoms with Gasteiger partial charge in [0.15, 0.2) is 0 Å². The molecule has 2 rings (SSSR count). The minimum atomic E-state index is 0.402. The lowest BCUT2D eigenvalue weighted by Gasteiger charge is -2.32. The van der Waals surface area contributed by atoms with E-state index in [1.807, 2.05) is 24.3 Å². The van der Waals surface area contributed by atoms with Crippen LogP contribution < -0.4 is 10.5 Å². The summed E-state index contributed by atoms with van der Waals surface area (Å²) in [5.74, 6) is 0.788. The highest BCUT2D eigenvalue weighted by molar-refractivity contribution is 5.51. The lowest BCUT2D eigenvalue weighted by molar-refractivity contribution is -0.0305. The Morgan fingerprint density at radius 2 is 2.26 bits per heavy atom. The van der Waals surface area contributed by atoms with E-state index in [4.69, 9.17) is 15.2 Å². The third kappa shape index (κ3) is 4.40. The van der Waals surface area contributed by atoms with Crippen molar-refractivity contribution in [1.82, 2.24) is 4.90 Å². The second kappa shape index (κ2) is 7.36. The maximum atomic E-state index is 5.83. The van der Waals surface area contributed by atoms with Crippen LogP contribution in [0, 0.1) is 0 Å². The van der Waals surface area contributed by atoms with Crippen LogP contribution in [-0.2, 0) is 4.74 Å². The summed E-state index contributed by atoms with van der Waals surface area (Å²) in [6.07, 6.45) is 2.51. The maximum absolute atomic E-state index is 5.83. The number of anilines is 1. The zero-order valence-corrected chi connectivity index (χ0v) is 11.7. The summed E-state index contributed by atoms with van der Waals surface area (Å²) in [6, 6.07) is 7.64. The number of morpholine rings is 1. The molecule has 2 N–H and O–H groups in total. The molecule has 106 valence electrons. The first kappa shape index (κ1) is 14.2. The number of hydrogen-bond acceptors (Lipinski definition) is 4. The molecule has 1 unspecified atom stereocenters. The molecule has 1 aliphatic heterocycles. The van der Waals surface area contributed by atoms with E-state index in [2.05, 4.69) is 11.8 Å². The molecular weight excluding hydrogens is 240 g/mol. The molecule has 0 radical (unpaired) electrons. The number of hydrogen-bond donors (Lipinski definition) is 1. The number of para-hydroxylation sites is 2. The number of nitrogens with two attached hydrogens (primary N) is 1. The molecule has 0 aliphatic carbocycles. The van der Waals surface area contributed by atoms with Crippen LogP contribution >= 0.6 is 0 Å². The van der Waals surface area contributed by atoms with Crippen molar-refractivity contribution < 1.29 is 9.47 Å². The Balaban J connectivity index is 1.65. The zero-order valence-electron chi connectivity index (χ0n) is 11.7. The van der Waals surface area contributed by atoms with E-state index in [0.717, 1.165) is 44.8 Å². The van der Waals surface area contributed by atoms with Crippen molar-refractivity contribution in [1.29, 1.82) is 0 Å². The Bertz CT molecular complexity index is 384. The number of nitrogens with zero attached hydrogens (tertiary/aromatic N) is 1. The summed E-state index contributed by atoms with van der Waals surface area (Å²) in [4.78, 5) is 2.45. The van der Waals surface area contributed by atoms with Gasteiger partial charge in [-0.3, -0.25) is 4.90 Å². The summed E-state index contributed by atoms with van der Waals surface area (Å²) in [7, 11) is 0. The van der Waals surface area contributed by atoms with E-state index in [0.29, 0.717) is 18.4 Å². The first-order chi connectivity index (χ1) is 9.29. The highest BCUT2D eigenvalue weighted by Gasteiger charge is 2.18. The third-order valence-corrected chi connectivity index (χ3v) is 3.47. The van der Waals surface area contributed by atoms with Crippen molar-refractivity contribution in [3.63, 3.8) is 0 Å². The van der Waals surface area contributed by atoms with Crippen molar-refractivity contribution >= 4 is 5.69 Å². The topological polar surface area (TPSA) is 47.7 Å². The number of nitrogen functional groups attached to an aromatic ring is 1. The first-order valence-electron chi connectivity index (χ1n) is 7.11. The molecule has 1 saturated heterocycles. The molecule has 0 bridgehead atoms. The largest absolute Gasteiger partial charge is 0.491 e. The normalized spacial score (nSPS) is 20.4. The van der Waals surface area contributed by atoms with Crippen molar-refractivity contribution in [3.05, 3.63) is 24.3 Å². The fourth-order valence-corrected chi connectivity index (χ4v) is 2.31. The van der Waals surface area contributed by atoms with Crippen molar-refractivity contribution in [3.8, 4) is 5.75 Å². The molecule has 1 aromatic rings. The average molecular weight is 264 g/mol. The second-order valence-electron chi connectivity index (χ2n) is 4.94. The Morgan fingerprint density at radius 1 is 1.42 bits per heavy atom. The van der Waals surface area contributed by atoms with Crippen LogP contribution in [0.4, 0.5) is 5.69 Å². The molecular formula is C15H24N2O2. The predicted octanol–water partition coefficient (Wildman–Crippen LogP) is 2.15. The number of ether oxygens (including phenoxy) is 2.